The lowest BCUT2D eigenvalue weighted by Crippen LogP contribution is -2.49. The van der Waals surface area contributed by atoms with Crippen LogP contribution < -0.4 is 4.72 Å². The zero-order valence-corrected chi connectivity index (χ0v) is 16.1. The Morgan fingerprint density at radius 3 is 2.76 bits per heavy atom. The van der Waals surface area contributed by atoms with Gasteiger partial charge in [-0.25, -0.2) is 13.1 Å². The summed E-state index contributed by atoms with van der Waals surface area (Å²) in [5.41, 5.74) is 1.05. The number of hydrogen-bond acceptors (Lipinski definition) is 7. The number of morpholine rings is 1. The van der Waals surface area contributed by atoms with E-state index in [1.165, 1.54) is 0 Å². The second-order valence-electron chi connectivity index (χ2n) is 6.67. The summed E-state index contributed by atoms with van der Waals surface area (Å²) in [7, 11) is -3.63. The Morgan fingerprint density at radius 2 is 2.04 bits per heavy atom. The van der Waals surface area contributed by atoms with Crippen molar-refractivity contribution >= 4 is 32.8 Å². The molecule has 138 valence electrons. The molecule has 1 aliphatic heterocycles. The SMILES string of the molecule is CC(C)C[C@H](CNS(=O)(=O)c1cccc2nsnc12)N1CCOCC1. The molecule has 3 rings (SSSR count). The molecule has 0 saturated carbocycles. The van der Waals surface area contributed by atoms with E-state index < -0.39 is 10.0 Å². The quantitative estimate of drug-likeness (QED) is 0.782. The molecule has 1 aliphatic rings. The molecule has 0 amide bonds. The summed E-state index contributed by atoms with van der Waals surface area (Å²) in [5, 5.41) is 0. The second-order valence-corrected chi connectivity index (χ2v) is 8.94. The lowest BCUT2D eigenvalue weighted by molar-refractivity contribution is 0.0134. The van der Waals surface area contributed by atoms with Gasteiger partial charge in [0.05, 0.1) is 24.9 Å². The first-order chi connectivity index (χ1) is 12.0. The minimum Gasteiger partial charge on any atom is -0.379 e. The fourth-order valence-electron chi connectivity index (χ4n) is 3.13. The first kappa shape index (κ1) is 18.7. The van der Waals surface area contributed by atoms with E-state index in [2.05, 4.69) is 32.2 Å². The number of hydrogen-bond donors (Lipinski definition) is 1. The number of rotatable bonds is 7. The number of sulfonamides is 1. The molecule has 0 bridgehead atoms. The van der Waals surface area contributed by atoms with Gasteiger partial charge >= 0.3 is 0 Å². The Bertz CT molecular complexity index is 801. The molecule has 0 unspecified atom stereocenters. The van der Waals surface area contributed by atoms with E-state index in [1.54, 1.807) is 18.2 Å². The summed E-state index contributed by atoms with van der Waals surface area (Å²) in [5.74, 6) is 0.489. The van der Waals surface area contributed by atoms with Crippen molar-refractivity contribution in [3.05, 3.63) is 18.2 Å². The maximum absolute atomic E-state index is 12.8. The van der Waals surface area contributed by atoms with Crippen molar-refractivity contribution in [2.24, 2.45) is 5.92 Å². The maximum atomic E-state index is 12.8. The molecule has 1 atom stereocenters. The van der Waals surface area contributed by atoms with Gasteiger partial charge in [-0.3, -0.25) is 4.90 Å². The molecule has 0 spiro atoms. The van der Waals surface area contributed by atoms with Crippen molar-refractivity contribution in [1.82, 2.24) is 18.4 Å². The van der Waals surface area contributed by atoms with Crippen LogP contribution in [0.25, 0.3) is 11.0 Å². The number of nitrogens with zero attached hydrogens (tertiary/aromatic N) is 3. The molecule has 7 nitrogen and oxygen atoms in total. The number of fused-ring (bicyclic) bond motifs is 1. The van der Waals surface area contributed by atoms with Crippen LogP contribution >= 0.6 is 11.7 Å². The van der Waals surface area contributed by atoms with Crippen LogP contribution in [-0.4, -0.2) is 61.0 Å². The molecule has 9 heteroatoms. The van der Waals surface area contributed by atoms with Crippen LogP contribution in [0.3, 0.4) is 0 Å². The van der Waals surface area contributed by atoms with Crippen LogP contribution in [0.1, 0.15) is 20.3 Å². The third kappa shape index (κ3) is 4.53. The third-order valence-electron chi connectivity index (χ3n) is 4.35. The highest BCUT2D eigenvalue weighted by atomic mass is 32.2. The van der Waals surface area contributed by atoms with Crippen molar-refractivity contribution in [2.45, 2.75) is 31.2 Å². The summed E-state index contributed by atoms with van der Waals surface area (Å²) in [6, 6.07) is 5.21. The molecular weight excluding hydrogens is 360 g/mol. The first-order valence-electron chi connectivity index (χ1n) is 8.50. The fourth-order valence-corrected chi connectivity index (χ4v) is 4.97. The lowest BCUT2D eigenvalue weighted by Gasteiger charge is -2.35. The van der Waals surface area contributed by atoms with Crippen molar-refractivity contribution in [2.75, 3.05) is 32.8 Å². The minimum absolute atomic E-state index is 0.159. The van der Waals surface area contributed by atoms with Crippen molar-refractivity contribution in [3.63, 3.8) is 0 Å². The van der Waals surface area contributed by atoms with E-state index >= 15 is 0 Å². The molecule has 25 heavy (non-hydrogen) atoms. The average molecular weight is 385 g/mol. The number of nitrogens with one attached hydrogen (secondary N) is 1. The van der Waals surface area contributed by atoms with Crippen molar-refractivity contribution in [3.8, 4) is 0 Å². The lowest BCUT2D eigenvalue weighted by atomic mass is 10.0. The van der Waals surface area contributed by atoms with Gasteiger partial charge in [0.2, 0.25) is 10.0 Å². The normalized spacial score (nSPS) is 18.0. The Hall–Kier alpha value is -1.13. The number of ether oxygens (including phenoxy) is 1. The molecular formula is C16H24N4O3S2. The summed E-state index contributed by atoms with van der Waals surface area (Å²) in [6.07, 6.45) is 0.935. The van der Waals surface area contributed by atoms with Gasteiger partial charge in [0.15, 0.2) is 0 Å². The average Bonchev–Trinajstić information content (AvgIpc) is 3.07. The van der Waals surface area contributed by atoms with Crippen LogP contribution in [0, 0.1) is 5.92 Å². The molecule has 2 aromatic rings. The molecule has 1 fully saturated rings. The van der Waals surface area contributed by atoms with Gasteiger partial charge in [-0.2, -0.15) is 8.75 Å². The Morgan fingerprint density at radius 1 is 1.28 bits per heavy atom. The van der Waals surface area contributed by atoms with E-state index in [-0.39, 0.29) is 10.9 Å². The van der Waals surface area contributed by atoms with Gasteiger partial charge < -0.3 is 4.74 Å². The van der Waals surface area contributed by atoms with E-state index in [4.69, 9.17) is 4.74 Å². The number of aromatic nitrogens is 2. The van der Waals surface area contributed by atoms with E-state index in [0.29, 0.717) is 36.7 Å². The summed E-state index contributed by atoms with van der Waals surface area (Å²) >= 11 is 1.02. The third-order valence-corrected chi connectivity index (χ3v) is 6.35. The van der Waals surface area contributed by atoms with Crippen LogP contribution in [0.2, 0.25) is 0 Å². The van der Waals surface area contributed by atoms with Gasteiger partial charge in [-0.05, 0) is 24.5 Å². The molecule has 1 aromatic heterocycles. The van der Waals surface area contributed by atoms with Gasteiger partial charge in [0.1, 0.15) is 15.9 Å². The predicted octanol–water partition coefficient (Wildman–Crippen LogP) is 1.72. The van der Waals surface area contributed by atoms with Crippen LogP contribution in [0.4, 0.5) is 0 Å². The highest BCUT2D eigenvalue weighted by molar-refractivity contribution is 7.89. The van der Waals surface area contributed by atoms with Crippen molar-refractivity contribution < 1.29 is 13.2 Å². The smallest absolute Gasteiger partial charge is 0.242 e. The highest BCUT2D eigenvalue weighted by Gasteiger charge is 2.25. The van der Waals surface area contributed by atoms with Gasteiger partial charge in [-0.1, -0.05) is 19.9 Å². The molecule has 2 heterocycles. The van der Waals surface area contributed by atoms with Crippen LogP contribution in [0.15, 0.2) is 23.1 Å². The van der Waals surface area contributed by atoms with Crippen LogP contribution in [-0.2, 0) is 14.8 Å². The minimum atomic E-state index is -3.63. The van der Waals surface area contributed by atoms with Gasteiger partial charge in [0, 0.05) is 25.7 Å². The topological polar surface area (TPSA) is 84.4 Å². The Balaban J connectivity index is 1.75. The van der Waals surface area contributed by atoms with Gasteiger partial charge in [-0.15, -0.1) is 0 Å². The zero-order valence-electron chi connectivity index (χ0n) is 14.5. The fraction of sp³-hybridized carbons (Fsp3) is 0.625. The Kier molecular flexibility index (Phi) is 6.00. The molecule has 1 aromatic carbocycles. The van der Waals surface area contributed by atoms with E-state index in [1.807, 2.05) is 0 Å². The molecule has 1 saturated heterocycles. The van der Waals surface area contributed by atoms with E-state index in [9.17, 15) is 8.42 Å². The summed E-state index contributed by atoms with van der Waals surface area (Å²) in [4.78, 5) is 2.51. The molecule has 0 aliphatic carbocycles. The number of benzene rings is 1. The molecule has 0 radical (unpaired) electrons. The predicted molar refractivity (Wildman–Crippen MR) is 98.2 cm³/mol. The second kappa shape index (κ2) is 8.05. The van der Waals surface area contributed by atoms with Gasteiger partial charge in [0.25, 0.3) is 0 Å². The standard InChI is InChI=1S/C16H24N4O3S2/c1-12(2)10-13(20-6-8-23-9-7-20)11-17-25(21,22)15-5-3-4-14-16(15)19-24-18-14/h3-5,12-13,17H,6-11H2,1-2H3/t13-/m1/s1. The summed E-state index contributed by atoms with van der Waals surface area (Å²) in [6.45, 7) is 7.77. The first-order valence-corrected chi connectivity index (χ1v) is 10.7. The zero-order chi connectivity index (χ0) is 17.9. The largest absolute Gasteiger partial charge is 0.379 e. The van der Waals surface area contributed by atoms with Crippen LogP contribution in [0.5, 0.6) is 0 Å². The van der Waals surface area contributed by atoms with E-state index in [0.717, 1.165) is 31.2 Å². The highest BCUT2D eigenvalue weighted by Crippen LogP contribution is 2.21. The summed E-state index contributed by atoms with van der Waals surface area (Å²) < 4.78 is 42.1. The molecule has 1 N–H and O–H groups in total. The van der Waals surface area contributed by atoms with Crippen molar-refractivity contribution in [1.29, 1.82) is 0 Å². The monoisotopic (exact) mass is 384 g/mol. The Labute approximate surface area is 152 Å². The maximum Gasteiger partial charge on any atom is 0.242 e.